The third-order valence-electron chi connectivity index (χ3n) is 3.67. The zero-order chi connectivity index (χ0) is 14.5. The molecule has 4 nitrogen and oxygen atoms in total. The van der Waals surface area contributed by atoms with E-state index in [0.717, 1.165) is 25.7 Å². The van der Waals surface area contributed by atoms with Gasteiger partial charge in [0, 0.05) is 6.42 Å². The topological polar surface area (TPSA) is 66.4 Å². The summed E-state index contributed by atoms with van der Waals surface area (Å²) in [6.45, 7) is 2.04. The van der Waals surface area contributed by atoms with Gasteiger partial charge in [-0.25, -0.2) is 4.79 Å². The molecule has 2 rings (SSSR count). The standard InChI is InChI=1S/C16H21NO3/c1-11-5-7-12(8-6-11)3-2-4-14(18)17-15(16(19)20)13-9-10-13/h5-8,13,15H,2-4,9-10H2,1H3,(H,17,18)(H,19,20). The van der Waals surface area contributed by atoms with Gasteiger partial charge in [0.2, 0.25) is 5.91 Å². The Bertz CT molecular complexity index is 477. The first-order valence-electron chi connectivity index (χ1n) is 7.14. The van der Waals surface area contributed by atoms with Crippen molar-refractivity contribution in [2.75, 3.05) is 0 Å². The van der Waals surface area contributed by atoms with Crippen LogP contribution < -0.4 is 5.32 Å². The highest BCUT2D eigenvalue weighted by Gasteiger charge is 2.37. The lowest BCUT2D eigenvalue weighted by Crippen LogP contribution is -2.42. The van der Waals surface area contributed by atoms with Gasteiger partial charge >= 0.3 is 5.97 Å². The maximum absolute atomic E-state index is 11.8. The van der Waals surface area contributed by atoms with Crippen molar-refractivity contribution in [1.82, 2.24) is 5.32 Å². The molecule has 1 unspecified atom stereocenters. The molecule has 1 aromatic rings. The van der Waals surface area contributed by atoms with Crippen molar-refractivity contribution in [2.45, 2.75) is 45.1 Å². The fourth-order valence-corrected chi connectivity index (χ4v) is 2.26. The number of amides is 1. The second-order valence-corrected chi connectivity index (χ2v) is 5.56. The van der Waals surface area contributed by atoms with Crippen LogP contribution in [0.4, 0.5) is 0 Å². The zero-order valence-corrected chi connectivity index (χ0v) is 11.8. The van der Waals surface area contributed by atoms with E-state index in [2.05, 4.69) is 29.6 Å². The SMILES string of the molecule is Cc1ccc(CCCC(=O)NC(C(=O)O)C2CC2)cc1. The highest BCUT2D eigenvalue weighted by molar-refractivity contribution is 5.84. The number of nitrogens with one attached hydrogen (secondary N) is 1. The van der Waals surface area contributed by atoms with Crippen LogP contribution in [0.15, 0.2) is 24.3 Å². The molecule has 4 heteroatoms. The molecular weight excluding hydrogens is 254 g/mol. The first kappa shape index (κ1) is 14.6. The maximum Gasteiger partial charge on any atom is 0.326 e. The lowest BCUT2D eigenvalue weighted by molar-refractivity contribution is -0.142. The Hall–Kier alpha value is -1.84. The monoisotopic (exact) mass is 275 g/mol. The van der Waals surface area contributed by atoms with E-state index >= 15 is 0 Å². The molecule has 1 amide bonds. The Morgan fingerprint density at radius 2 is 1.95 bits per heavy atom. The molecule has 1 aliphatic rings. The number of carbonyl (C=O) groups is 2. The van der Waals surface area contributed by atoms with Crippen LogP contribution >= 0.6 is 0 Å². The molecule has 1 fully saturated rings. The number of carboxylic acids is 1. The molecule has 0 heterocycles. The quantitative estimate of drug-likeness (QED) is 0.802. The Balaban J connectivity index is 1.72. The zero-order valence-electron chi connectivity index (χ0n) is 11.8. The van der Waals surface area contributed by atoms with Crippen molar-refractivity contribution in [3.8, 4) is 0 Å². The van der Waals surface area contributed by atoms with Gasteiger partial charge in [-0.3, -0.25) is 4.79 Å². The van der Waals surface area contributed by atoms with E-state index in [-0.39, 0.29) is 11.8 Å². The van der Waals surface area contributed by atoms with Crippen molar-refractivity contribution >= 4 is 11.9 Å². The molecule has 0 spiro atoms. The molecule has 20 heavy (non-hydrogen) atoms. The number of carbonyl (C=O) groups excluding carboxylic acids is 1. The summed E-state index contributed by atoms with van der Waals surface area (Å²) in [5.74, 6) is -0.940. The summed E-state index contributed by atoms with van der Waals surface area (Å²) in [5.41, 5.74) is 2.43. The van der Waals surface area contributed by atoms with Gasteiger partial charge in [0.05, 0.1) is 0 Å². The minimum atomic E-state index is -0.917. The average molecular weight is 275 g/mol. The number of hydrogen-bond donors (Lipinski definition) is 2. The average Bonchev–Trinajstić information content (AvgIpc) is 3.22. The van der Waals surface area contributed by atoms with E-state index in [4.69, 9.17) is 5.11 Å². The van der Waals surface area contributed by atoms with Crippen LogP contribution in [-0.2, 0) is 16.0 Å². The Kier molecular flexibility index (Phi) is 4.77. The molecule has 0 saturated heterocycles. The Labute approximate surface area is 119 Å². The van der Waals surface area contributed by atoms with Gasteiger partial charge in [-0.1, -0.05) is 29.8 Å². The lowest BCUT2D eigenvalue weighted by atomic mass is 10.1. The van der Waals surface area contributed by atoms with E-state index < -0.39 is 12.0 Å². The van der Waals surface area contributed by atoms with E-state index in [9.17, 15) is 9.59 Å². The highest BCUT2D eigenvalue weighted by atomic mass is 16.4. The van der Waals surface area contributed by atoms with Crippen LogP contribution in [0.3, 0.4) is 0 Å². The fourth-order valence-electron chi connectivity index (χ4n) is 2.26. The molecule has 1 aliphatic carbocycles. The van der Waals surface area contributed by atoms with Crippen molar-refractivity contribution in [3.63, 3.8) is 0 Å². The molecule has 0 radical (unpaired) electrons. The van der Waals surface area contributed by atoms with Gasteiger partial charge in [0.1, 0.15) is 6.04 Å². The number of carboxylic acid groups (broad SMARTS) is 1. The third kappa shape index (κ3) is 4.37. The Morgan fingerprint density at radius 3 is 2.50 bits per heavy atom. The number of benzene rings is 1. The first-order chi connectivity index (χ1) is 9.56. The van der Waals surface area contributed by atoms with Crippen molar-refractivity contribution in [1.29, 1.82) is 0 Å². The van der Waals surface area contributed by atoms with Crippen LogP contribution in [0.1, 0.15) is 36.8 Å². The molecular formula is C16H21NO3. The van der Waals surface area contributed by atoms with Crippen molar-refractivity contribution in [2.24, 2.45) is 5.92 Å². The maximum atomic E-state index is 11.8. The lowest BCUT2D eigenvalue weighted by Gasteiger charge is -2.13. The van der Waals surface area contributed by atoms with Gasteiger partial charge in [0.25, 0.3) is 0 Å². The van der Waals surface area contributed by atoms with E-state index in [1.807, 2.05) is 6.92 Å². The summed E-state index contributed by atoms with van der Waals surface area (Å²) in [6.07, 6.45) is 3.77. The van der Waals surface area contributed by atoms with Crippen LogP contribution in [0.25, 0.3) is 0 Å². The smallest absolute Gasteiger partial charge is 0.326 e. The van der Waals surface area contributed by atoms with Gasteiger partial charge in [-0.15, -0.1) is 0 Å². The van der Waals surface area contributed by atoms with Crippen molar-refractivity contribution in [3.05, 3.63) is 35.4 Å². The largest absolute Gasteiger partial charge is 0.480 e. The predicted molar refractivity (Wildman–Crippen MR) is 76.4 cm³/mol. The second-order valence-electron chi connectivity index (χ2n) is 5.56. The van der Waals surface area contributed by atoms with Gasteiger partial charge in [-0.2, -0.15) is 0 Å². The van der Waals surface area contributed by atoms with Gasteiger partial charge < -0.3 is 10.4 Å². The summed E-state index contributed by atoms with van der Waals surface area (Å²) < 4.78 is 0. The van der Waals surface area contributed by atoms with Gasteiger partial charge in [0.15, 0.2) is 0 Å². The fraction of sp³-hybridized carbons (Fsp3) is 0.500. The van der Waals surface area contributed by atoms with Crippen LogP contribution in [0.2, 0.25) is 0 Å². The normalized spacial score (nSPS) is 15.7. The molecule has 108 valence electrons. The van der Waals surface area contributed by atoms with Crippen LogP contribution in [-0.4, -0.2) is 23.0 Å². The Morgan fingerprint density at radius 1 is 1.30 bits per heavy atom. The number of aliphatic carboxylic acids is 1. The van der Waals surface area contributed by atoms with E-state index in [0.29, 0.717) is 6.42 Å². The minimum Gasteiger partial charge on any atom is -0.480 e. The first-order valence-corrected chi connectivity index (χ1v) is 7.14. The number of rotatable bonds is 7. The van der Waals surface area contributed by atoms with Crippen LogP contribution in [0.5, 0.6) is 0 Å². The number of aryl methyl sites for hydroxylation is 2. The predicted octanol–water partition coefficient (Wildman–Crippen LogP) is 2.30. The molecule has 2 N–H and O–H groups in total. The molecule has 1 aromatic carbocycles. The van der Waals surface area contributed by atoms with Gasteiger partial charge in [-0.05, 0) is 44.1 Å². The third-order valence-corrected chi connectivity index (χ3v) is 3.67. The minimum absolute atomic E-state index is 0.133. The van der Waals surface area contributed by atoms with E-state index in [1.165, 1.54) is 11.1 Å². The second kappa shape index (κ2) is 6.55. The summed E-state index contributed by atoms with van der Waals surface area (Å²) in [6, 6.07) is 7.56. The summed E-state index contributed by atoms with van der Waals surface area (Å²) in [5, 5.41) is 11.7. The van der Waals surface area contributed by atoms with E-state index in [1.54, 1.807) is 0 Å². The molecule has 1 atom stereocenters. The molecule has 0 aliphatic heterocycles. The molecule has 0 bridgehead atoms. The number of hydrogen-bond acceptors (Lipinski definition) is 2. The molecule has 1 saturated carbocycles. The molecule has 0 aromatic heterocycles. The van der Waals surface area contributed by atoms with Crippen LogP contribution in [0, 0.1) is 12.8 Å². The summed E-state index contributed by atoms with van der Waals surface area (Å²) in [4.78, 5) is 22.8. The summed E-state index contributed by atoms with van der Waals surface area (Å²) in [7, 11) is 0. The highest BCUT2D eigenvalue weighted by Crippen LogP contribution is 2.32. The summed E-state index contributed by atoms with van der Waals surface area (Å²) >= 11 is 0. The van der Waals surface area contributed by atoms with Crippen molar-refractivity contribution < 1.29 is 14.7 Å².